The predicted molar refractivity (Wildman–Crippen MR) is 126 cm³/mol. The van der Waals surface area contributed by atoms with E-state index >= 15 is 0 Å². The number of rotatable bonds is 16. The quantitative estimate of drug-likeness (QED) is 0.242. The fourth-order valence-corrected chi connectivity index (χ4v) is 3.97. The molecule has 1 heterocycles. The van der Waals surface area contributed by atoms with E-state index in [4.69, 9.17) is 4.84 Å². The van der Waals surface area contributed by atoms with Gasteiger partial charge in [-0.05, 0) is 0 Å². The van der Waals surface area contributed by atoms with E-state index in [1.165, 1.54) is 11.8 Å². The van der Waals surface area contributed by atoms with Crippen molar-refractivity contribution in [3.8, 4) is 0 Å². The highest BCUT2D eigenvalue weighted by atomic mass is 32.2. The van der Waals surface area contributed by atoms with Gasteiger partial charge < -0.3 is 20.0 Å². The van der Waals surface area contributed by atoms with Crippen LogP contribution in [0.3, 0.4) is 0 Å². The van der Waals surface area contributed by atoms with Crippen LogP contribution in [-0.2, 0) is 33.6 Å². The number of nitrogens with one attached hydrogen (secondary N) is 1. The number of hydrogen-bond acceptors (Lipinski definition) is 8. The largest absolute Gasteiger partial charge is 0.354 e. The second-order valence-corrected chi connectivity index (χ2v) is 8.80. The van der Waals surface area contributed by atoms with E-state index in [1.807, 2.05) is 0 Å². The summed E-state index contributed by atoms with van der Waals surface area (Å²) in [5.74, 6) is -0.832. The Labute approximate surface area is 204 Å². The van der Waals surface area contributed by atoms with E-state index in [0.717, 1.165) is 0 Å². The topological polar surface area (TPSA) is 133 Å². The molecule has 34 heavy (non-hydrogen) atoms. The van der Waals surface area contributed by atoms with E-state index in [-0.39, 0.29) is 37.0 Å². The normalized spacial score (nSPS) is 13.1. The summed E-state index contributed by atoms with van der Waals surface area (Å²) in [7, 11) is 0. The lowest BCUT2D eigenvalue weighted by atomic mass is 10.3. The van der Waals surface area contributed by atoms with Crippen LogP contribution in [0.5, 0.6) is 0 Å². The summed E-state index contributed by atoms with van der Waals surface area (Å²) in [6.45, 7) is 7.25. The third-order valence-corrected chi connectivity index (χ3v) is 6.09. The molecule has 0 saturated carbocycles. The van der Waals surface area contributed by atoms with Crippen molar-refractivity contribution in [2.45, 2.75) is 59.3 Å². The molecule has 0 unspecified atom stereocenters. The molecule has 1 aliphatic rings. The molecule has 1 rings (SSSR count). The second kappa shape index (κ2) is 16.1. The molecule has 0 aliphatic carbocycles. The number of hydrogen-bond donors (Lipinski definition) is 1. The van der Waals surface area contributed by atoms with Crippen LogP contribution in [0.1, 0.15) is 59.3 Å². The SMILES string of the molecule is CCC(=O)NCCN(CCN(CCSCCC(=O)ON1C(=O)CCC1=O)C(=O)CC)C(=O)CC. The van der Waals surface area contributed by atoms with Crippen LogP contribution in [0.15, 0.2) is 0 Å². The number of thioether (sulfide) groups is 1. The Morgan fingerprint density at radius 2 is 1.41 bits per heavy atom. The molecule has 0 aromatic carbocycles. The first-order chi connectivity index (χ1) is 16.2. The van der Waals surface area contributed by atoms with Crippen LogP contribution >= 0.6 is 11.8 Å². The maximum absolute atomic E-state index is 12.3. The van der Waals surface area contributed by atoms with Gasteiger partial charge in [0.15, 0.2) is 0 Å². The van der Waals surface area contributed by atoms with E-state index in [0.29, 0.717) is 68.6 Å². The van der Waals surface area contributed by atoms with Gasteiger partial charge >= 0.3 is 5.97 Å². The molecular weight excluding hydrogens is 464 g/mol. The molecular formula is C22H36N4O7S. The lowest BCUT2D eigenvalue weighted by Gasteiger charge is -2.28. The first kappa shape index (κ1) is 29.4. The number of amides is 5. The molecule has 0 radical (unpaired) electrons. The minimum absolute atomic E-state index is 0.0331. The highest BCUT2D eigenvalue weighted by Gasteiger charge is 2.32. The van der Waals surface area contributed by atoms with Crippen LogP contribution < -0.4 is 5.32 Å². The maximum Gasteiger partial charge on any atom is 0.334 e. The van der Waals surface area contributed by atoms with Gasteiger partial charge in [0.05, 0.1) is 6.42 Å². The summed E-state index contributed by atoms with van der Waals surface area (Å²) >= 11 is 1.45. The predicted octanol–water partition coefficient (Wildman–Crippen LogP) is 0.720. The maximum atomic E-state index is 12.3. The lowest BCUT2D eigenvalue weighted by Crippen LogP contribution is -2.44. The average Bonchev–Trinajstić information content (AvgIpc) is 3.15. The summed E-state index contributed by atoms with van der Waals surface area (Å²) in [6.07, 6.45) is 1.19. The molecule has 1 fully saturated rings. The van der Waals surface area contributed by atoms with Crippen molar-refractivity contribution in [3.05, 3.63) is 0 Å². The third kappa shape index (κ3) is 10.5. The molecule has 12 heteroatoms. The Morgan fingerprint density at radius 3 is 1.94 bits per heavy atom. The molecule has 0 aromatic rings. The van der Waals surface area contributed by atoms with Crippen LogP contribution in [0.2, 0.25) is 0 Å². The monoisotopic (exact) mass is 500 g/mol. The van der Waals surface area contributed by atoms with E-state index in [1.54, 1.807) is 30.6 Å². The zero-order chi connectivity index (χ0) is 25.5. The highest BCUT2D eigenvalue weighted by molar-refractivity contribution is 7.99. The molecule has 192 valence electrons. The summed E-state index contributed by atoms with van der Waals surface area (Å²) in [6, 6.07) is 0. The zero-order valence-corrected chi connectivity index (χ0v) is 21.1. The van der Waals surface area contributed by atoms with E-state index in [9.17, 15) is 28.8 Å². The molecule has 0 aromatic heterocycles. The van der Waals surface area contributed by atoms with E-state index < -0.39 is 17.8 Å². The Kier molecular flexibility index (Phi) is 13.9. The standard InChI is InChI=1S/C22H36N4O7S/c1-4-17(27)23-10-11-24(18(28)5-2)12-13-25(19(29)6-3)14-16-34-15-9-22(32)33-26-20(30)7-8-21(26)31/h4-16H2,1-3H3,(H,23,27). The highest BCUT2D eigenvalue weighted by Crippen LogP contribution is 2.13. The number of nitrogens with zero attached hydrogens (tertiary/aromatic N) is 3. The Bertz CT molecular complexity index is 731. The van der Waals surface area contributed by atoms with Crippen LogP contribution in [0.25, 0.3) is 0 Å². The van der Waals surface area contributed by atoms with Crippen molar-refractivity contribution < 1.29 is 33.6 Å². The Hall–Kier alpha value is -2.63. The molecule has 1 saturated heterocycles. The molecule has 0 bridgehead atoms. The number of carbonyl (C=O) groups is 6. The van der Waals surface area contributed by atoms with Gasteiger partial charge in [-0.15, -0.1) is 5.06 Å². The van der Waals surface area contributed by atoms with Gasteiger partial charge in [-0.3, -0.25) is 24.0 Å². The van der Waals surface area contributed by atoms with Crippen molar-refractivity contribution in [1.29, 1.82) is 0 Å². The molecule has 11 nitrogen and oxygen atoms in total. The lowest BCUT2D eigenvalue weighted by molar-refractivity contribution is -0.197. The van der Waals surface area contributed by atoms with Crippen LogP contribution in [-0.4, -0.2) is 94.6 Å². The van der Waals surface area contributed by atoms with Crippen LogP contribution in [0, 0.1) is 0 Å². The van der Waals surface area contributed by atoms with Crippen molar-refractivity contribution in [2.75, 3.05) is 44.2 Å². The molecule has 0 spiro atoms. The molecule has 0 atom stereocenters. The minimum Gasteiger partial charge on any atom is -0.354 e. The molecule has 5 amide bonds. The Balaban J connectivity index is 2.42. The van der Waals surface area contributed by atoms with Gasteiger partial charge in [0.25, 0.3) is 11.8 Å². The smallest absolute Gasteiger partial charge is 0.334 e. The van der Waals surface area contributed by atoms with Crippen molar-refractivity contribution in [2.24, 2.45) is 0 Å². The first-order valence-corrected chi connectivity index (χ1v) is 12.8. The van der Waals surface area contributed by atoms with Gasteiger partial charge in [0.2, 0.25) is 17.7 Å². The summed E-state index contributed by atoms with van der Waals surface area (Å²) in [4.78, 5) is 79.0. The van der Waals surface area contributed by atoms with Gasteiger partial charge in [0, 0.05) is 76.3 Å². The molecule has 1 N–H and O–H groups in total. The summed E-state index contributed by atoms with van der Waals surface area (Å²) in [5, 5.41) is 3.29. The number of imide groups is 1. The van der Waals surface area contributed by atoms with Crippen molar-refractivity contribution in [3.63, 3.8) is 0 Å². The average molecular weight is 501 g/mol. The number of carbonyl (C=O) groups excluding carboxylic acids is 6. The number of hydroxylamine groups is 2. The van der Waals surface area contributed by atoms with Gasteiger partial charge in [0.1, 0.15) is 0 Å². The zero-order valence-electron chi connectivity index (χ0n) is 20.3. The van der Waals surface area contributed by atoms with Crippen molar-refractivity contribution >= 4 is 47.3 Å². The fraction of sp³-hybridized carbons (Fsp3) is 0.727. The minimum atomic E-state index is -0.651. The van der Waals surface area contributed by atoms with E-state index in [2.05, 4.69) is 5.32 Å². The van der Waals surface area contributed by atoms with Crippen LogP contribution in [0.4, 0.5) is 0 Å². The first-order valence-electron chi connectivity index (χ1n) is 11.7. The van der Waals surface area contributed by atoms with Gasteiger partial charge in [-0.25, -0.2) is 4.79 Å². The Morgan fingerprint density at radius 1 is 0.853 bits per heavy atom. The van der Waals surface area contributed by atoms with Gasteiger partial charge in [-0.1, -0.05) is 20.8 Å². The fourth-order valence-electron chi connectivity index (χ4n) is 3.10. The third-order valence-electron chi connectivity index (χ3n) is 5.13. The second-order valence-electron chi connectivity index (χ2n) is 7.58. The summed E-state index contributed by atoms with van der Waals surface area (Å²) in [5.41, 5.74) is 0. The van der Waals surface area contributed by atoms with Gasteiger partial charge in [-0.2, -0.15) is 11.8 Å². The molecule has 1 aliphatic heterocycles. The summed E-state index contributed by atoms with van der Waals surface area (Å²) < 4.78 is 0. The van der Waals surface area contributed by atoms with Crippen molar-refractivity contribution in [1.82, 2.24) is 20.2 Å².